The number of fused-ring (bicyclic) bond motifs is 1. The summed E-state index contributed by atoms with van der Waals surface area (Å²) >= 11 is 0. The molecule has 1 aliphatic carbocycles. The summed E-state index contributed by atoms with van der Waals surface area (Å²) in [5, 5.41) is 0. The van der Waals surface area contributed by atoms with Gasteiger partial charge in [0.15, 0.2) is 0 Å². The molecular formula is C15H18FNO. The summed E-state index contributed by atoms with van der Waals surface area (Å²) in [6.45, 7) is 2.61. The third-order valence-corrected chi connectivity index (χ3v) is 3.46. The molecule has 0 aliphatic heterocycles. The second-order valence-corrected chi connectivity index (χ2v) is 4.68. The fourth-order valence-electron chi connectivity index (χ4n) is 2.23. The Hall–Kier alpha value is -1.64. The van der Waals surface area contributed by atoms with Crippen LogP contribution in [0.1, 0.15) is 30.9 Å². The zero-order valence-corrected chi connectivity index (χ0v) is 10.9. The molecule has 0 saturated carbocycles. The zero-order chi connectivity index (χ0) is 13.1. The molecule has 0 spiro atoms. The molecule has 96 valence electrons. The Labute approximate surface area is 107 Å². The van der Waals surface area contributed by atoms with Gasteiger partial charge in [0.1, 0.15) is 5.82 Å². The molecule has 0 radical (unpaired) electrons. The van der Waals surface area contributed by atoms with Crippen LogP contribution in [0.4, 0.5) is 4.39 Å². The number of hydrogen-bond donors (Lipinski definition) is 0. The van der Waals surface area contributed by atoms with Gasteiger partial charge in [0, 0.05) is 19.7 Å². The molecule has 0 atom stereocenters. The molecule has 0 unspecified atom stereocenters. The maximum atomic E-state index is 13.3. The average molecular weight is 247 g/mol. The number of hydrogen-bond acceptors (Lipinski definition) is 1. The molecule has 0 aromatic heterocycles. The van der Waals surface area contributed by atoms with Gasteiger partial charge in [-0.2, -0.15) is 0 Å². The van der Waals surface area contributed by atoms with Crippen LogP contribution < -0.4 is 0 Å². The summed E-state index contributed by atoms with van der Waals surface area (Å²) in [5.41, 5.74) is 3.00. The third kappa shape index (κ3) is 2.61. The van der Waals surface area contributed by atoms with E-state index in [1.807, 2.05) is 13.0 Å². The van der Waals surface area contributed by atoms with Crippen molar-refractivity contribution < 1.29 is 9.18 Å². The predicted molar refractivity (Wildman–Crippen MR) is 70.6 cm³/mol. The maximum absolute atomic E-state index is 13.3. The summed E-state index contributed by atoms with van der Waals surface area (Å²) in [5.74, 6) is -0.248. The minimum Gasteiger partial charge on any atom is -0.342 e. The van der Waals surface area contributed by atoms with Crippen LogP contribution >= 0.6 is 0 Å². The molecule has 2 nitrogen and oxygen atoms in total. The topological polar surface area (TPSA) is 20.3 Å². The molecule has 0 bridgehead atoms. The normalized spacial score (nSPS) is 16.5. The summed E-state index contributed by atoms with van der Waals surface area (Å²) in [6, 6.07) is 4.85. The van der Waals surface area contributed by atoms with Crippen LogP contribution in [0.3, 0.4) is 0 Å². The Kier molecular flexibility index (Phi) is 3.80. The lowest BCUT2D eigenvalue weighted by molar-refractivity contribution is -0.124. The van der Waals surface area contributed by atoms with Gasteiger partial charge in [-0.3, -0.25) is 4.79 Å². The summed E-state index contributed by atoms with van der Waals surface area (Å²) in [7, 11) is 1.77. The second kappa shape index (κ2) is 5.34. The quantitative estimate of drug-likeness (QED) is 0.736. The minimum absolute atomic E-state index is 0.00962. The zero-order valence-electron chi connectivity index (χ0n) is 10.9. The first-order chi connectivity index (χ1) is 8.61. The number of likely N-dealkylation sites (N-methyl/N-ethyl adjacent to an activating group) is 1. The molecule has 2 rings (SSSR count). The smallest absolute Gasteiger partial charge is 0.246 e. The number of allylic oxidation sites excluding steroid dienone is 1. The highest BCUT2D eigenvalue weighted by atomic mass is 19.1. The summed E-state index contributed by atoms with van der Waals surface area (Å²) in [4.78, 5) is 13.5. The summed E-state index contributed by atoms with van der Waals surface area (Å²) < 4.78 is 13.3. The highest BCUT2D eigenvalue weighted by Crippen LogP contribution is 2.31. The van der Waals surface area contributed by atoms with Crippen LogP contribution in [-0.4, -0.2) is 24.4 Å². The van der Waals surface area contributed by atoms with E-state index in [2.05, 4.69) is 0 Å². The van der Waals surface area contributed by atoms with Gasteiger partial charge in [-0.25, -0.2) is 4.39 Å². The van der Waals surface area contributed by atoms with E-state index in [9.17, 15) is 9.18 Å². The number of halogens is 1. The molecule has 1 aromatic rings. The van der Waals surface area contributed by atoms with Crippen LogP contribution in [0.2, 0.25) is 0 Å². The monoisotopic (exact) mass is 247 g/mol. The fraction of sp³-hybridized carbons (Fsp3) is 0.400. The number of benzene rings is 1. The first-order valence-electron chi connectivity index (χ1n) is 6.36. The van der Waals surface area contributed by atoms with Gasteiger partial charge in [0.2, 0.25) is 5.91 Å². The van der Waals surface area contributed by atoms with Crippen molar-refractivity contribution in [3.05, 3.63) is 41.2 Å². The minimum atomic E-state index is -0.238. The van der Waals surface area contributed by atoms with Crippen molar-refractivity contribution in [3.63, 3.8) is 0 Å². The van der Waals surface area contributed by atoms with Crippen molar-refractivity contribution in [2.24, 2.45) is 0 Å². The number of aryl methyl sites for hydroxylation is 1. The Balaban J connectivity index is 2.35. The first kappa shape index (κ1) is 12.8. The molecule has 3 heteroatoms. The van der Waals surface area contributed by atoms with E-state index in [1.165, 1.54) is 6.07 Å². The highest BCUT2D eigenvalue weighted by molar-refractivity contribution is 5.95. The lowest BCUT2D eigenvalue weighted by Crippen LogP contribution is -2.24. The lowest BCUT2D eigenvalue weighted by atomic mass is 9.87. The SMILES string of the molecule is CCN(C)C(=O)C=C1CCCc2ccc(F)cc21. The Morgan fingerprint density at radius 2 is 2.22 bits per heavy atom. The van der Waals surface area contributed by atoms with E-state index < -0.39 is 0 Å². The van der Waals surface area contributed by atoms with Crippen molar-refractivity contribution in [1.29, 1.82) is 0 Å². The van der Waals surface area contributed by atoms with Gasteiger partial charge in [-0.05, 0) is 55.0 Å². The van der Waals surface area contributed by atoms with Gasteiger partial charge in [0.05, 0.1) is 0 Å². The third-order valence-electron chi connectivity index (χ3n) is 3.46. The Morgan fingerprint density at radius 1 is 1.44 bits per heavy atom. The molecule has 18 heavy (non-hydrogen) atoms. The molecular weight excluding hydrogens is 229 g/mol. The van der Waals surface area contributed by atoms with Crippen molar-refractivity contribution in [3.8, 4) is 0 Å². The second-order valence-electron chi connectivity index (χ2n) is 4.68. The number of carbonyl (C=O) groups is 1. The Morgan fingerprint density at radius 3 is 2.94 bits per heavy atom. The summed E-state index contributed by atoms with van der Waals surface area (Å²) in [6.07, 6.45) is 4.49. The molecule has 1 aliphatic rings. The van der Waals surface area contributed by atoms with E-state index in [-0.39, 0.29) is 11.7 Å². The predicted octanol–water partition coefficient (Wildman–Crippen LogP) is 3.02. The molecule has 0 N–H and O–H groups in total. The van der Waals surface area contributed by atoms with E-state index in [1.54, 1.807) is 24.1 Å². The molecule has 0 saturated heterocycles. The number of carbonyl (C=O) groups excluding carboxylic acids is 1. The van der Waals surface area contributed by atoms with Crippen LogP contribution in [0.15, 0.2) is 24.3 Å². The van der Waals surface area contributed by atoms with E-state index >= 15 is 0 Å². The first-order valence-corrected chi connectivity index (χ1v) is 6.36. The lowest BCUT2D eigenvalue weighted by Gasteiger charge is -2.20. The van der Waals surface area contributed by atoms with Crippen LogP contribution in [0.5, 0.6) is 0 Å². The largest absolute Gasteiger partial charge is 0.342 e. The van der Waals surface area contributed by atoms with Gasteiger partial charge >= 0.3 is 0 Å². The van der Waals surface area contributed by atoms with Gasteiger partial charge in [-0.1, -0.05) is 6.07 Å². The number of nitrogens with zero attached hydrogens (tertiary/aromatic N) is 1. The van der Waals surface area contributed by atoms with Crippen LogP contribution in [-0.2, 0) is 11.2 Å². The van der Waals surface area contributed by atoms with E-state index in [0.29, 0.717) is 6.54 Å². The average Bonchev–Trinajstić information content (AvgIpc) is 2.38. The fourth-order valence-corrected chi connectivity index (χ4v) is 2.23. The van der Waals surface area contributed by atoms with Crippen molar-refractivity contribution in [2.45, 2.75) is 26.2 Å². The van der Waals surface area contributed by atoms with Gasteiger partial charge in [-0.15, -0.1) is 0 Å². The Bertz CT molecular complexity index is 493. The number of rotatable bonds is 2. The van der Waals surface area contributed by atoms with Crippen LogP contribution in [0, 0.1) is 5.82 Å². The molecule has 0 fully saturated rings. The molecule has 1 aromatic carbocycles. The molecule has 1 amide bonds. The maximum Gasteiger partial charge on any atom is 0.246 e. The van der Waals surface area contributed by atoms with Gasteiger partial charge in [0.25, 0.3) is 0 Å². The van der Waals surface area contributed by atoms with E-state index in [4.69, 9.17) is 0 Å². The van der Waals surface area contributed by atoms with Crippen molar-refractivity contribution >= 4 is 11.5 Å². The standard InChI is InChI=1S/C15H18FNO/c1-3-17(2)15(18)9-12-6-4-5-11-7-8-13(16)10-14(11)12/h7-10H,3-6H2,1-2H3. The molecule has 0 heterocycles. The highest BCUT2D eigenvalue weighted by Gasteiger charge is 2.16. The van der Waals surface area contributed by atoms with Crippen molar-refractivity contribution in [1.82, 2.24) is 4.90 Å². The van der Waals surface area contributed by atoms with E-state index in [0.717, 1.165) is 36.0 Å². The van der Waals surface area contributed by atoms with Crippen molar-refractivity contribution in [2.75, 3.05) is 13.6 Å². The van der Waals surface area contributed by atoms with Crippen LogP contribution in [0.25, 0.3) is 5.57 Å². The van der Waals surface area contributed by atoms with Gasteiger partial charge < -0.3 is 4.90 Å². The number of amides is 1.